The summed E-state index contributed by atoms with van der Waals surface area (Å²) in [5.41, 5.74) is 0.502. The second kappa shape index (κ2) is 5.45. The molecule has 17 heavy (non-hydrogen) atoms. The minimum absolute atomic E-state index is 0.241. The minimum Gasteiger partial charge on any atom is -0.444 e. The third kappa shape index (κ3) is 3.57. The lowest BCUT2D eigenvalue weighted by atomic mass is 10.3. The molecule has 1 aromatic heterocycles. The van der Waals surface area contributed by atoms with Gasteiger partial charge >= 0.3 is 6.09 Å². The van der Waals surface area contributed by atoms with Gasteiger partial charge in [0.2, 0.25) is 0 Å². The van der Waals surface area contributed by atoms with Gasteiger partial charge in [-0.2, -0.15) is 0 Å². The van der Waals surface area contributed by atoms with E-state index in [1.807, 2.05) is 17.5 Å². The molecule has 0 fully saturated rings. The third-order valence-electron chi connectivity index (χ3n) is 2.02. The Kier molecular flexibility index (Phi) is 3.72. The van der Waals surface area contributed by atoms with E-state index in [1.165, 1.54) is 35.6 Å². The van der Waals surface area contributed by atoms with Crippen LogP contribution in [-0.4, -0.2) is 6.09 Å². The van der Waals surface area contributed by atoms with Crippen LogP contribution in [0.15, 0.2) is 41.8 Å². The number of hydrogen-bond donors (Lipinski definition) is 1. The molecule has 2 aromatic rings. The van der Waals surface area contributed by atoms with Gasteiger partial charge < -0.3 is 4.74 Å². The van der Waals surface area contributed by atoms with E-state index < -0.39 is 6.09 Å². The quantitative estimate of drug-likeness (QED) is 0.904. The predicted molar refractivity (Wildman–Crippen MR) is 64.5 cm³/mol. The summed E-state index contributed by atoms with van der Waals surface area (Å²) in [5.74, 6) is -0.345. The van der Waals surface area contributed by atoms with Gasteiger partial charge in [-0.15, -0.1) is 11.3 Å². The van der Waals surface area contributed by atoms with Gasteiger partial charge in [-0.25, -0.2) is 9.18 Å². The predicted octanol–water partition coefficient (Wildman–Crippen LogP) is 3.64. The van der Waals surface area contributed by atoms with Gasteiger partial charge in [-0.05, 0) is 35.7 Å². The van der Waals surface area contributed by atoms with Crippen molar-refractivity contribution in [1.82, 2.24) is 0 Å². The second-order valence-corrected chi connectivity index (χ2v) is 4.32. The van der Waals surface area contributed by atoms with E-state index in [-0.39, 0.29) is 12.4 Å². The highest BCUT2D eigenvalue weighted by atomic mass is 32.1. The lowest BCUT2D eigenvalue weighted by Crippen LogP contribution is -2.13. The standard InChI is InChI=1S/C12H10FNO2S/c13-9-3-5-10(6-4-9)14-12(15)16-8-11-2-1-7-17-11/h1-7H,8H2,(H,14,15). The van der Waals surface area contributed by atoms with E-state index in [4.69, 9.17) is 4.74 Å². The van der Waals surface area contributed by atoms with E-state index in [2.05, 4.69) is 5.32 Å². The largest absolute Gasteiger partial charge is 0.444 e. The topological polar surface area (TPSA) is 38.3 Å². The fraction of sp³-hybridized carbons (Fsp3) is 0.0833. The minimum atomic E-state index is -0.551. The first-order valence-electron chi connectivity index (χ1n) is 4.96. The number of hydrogen-bond acceptors (Lipinski definition) is 3. The fourth-order valence-corrected chi connectivity index (χ4v) is 1.83. The molecule has 0 bridgehead atoms. The Bertz CT molecular complexity index is 482. The lowest BCUT2D eigenvalue weighted by Gasteiger charge is -2.05. The Morgan fingerprint density at radius 3 is 2.71 bits per heavy atom. The molecule has 0 saturated carbocycles. The van der Waals surface area contributed by atoms with Crippen molar-refractivity contribution in [3.8, 4) is 0 Å². The van der Waals surface area contributed by atoms with Crippen LogP contribution in [0, 0.1) is 5.82 Å². The molecule has 88 valence electrons. The Morgan fingerprint density at radius 1 is 1.29 bits per heavy atom. The van der Waals surface area contributed by atoms with Crippen LogP contribution in [0.1, 0.15) is 4.88 Å². The van der Waals surface area contributed by atoms with Gasteiger partial charge in [-0.3, -0.25) is 5.32 Å². The van der Waals surface area contributed by atoms with Gasteiger partial charge in [0.25, 0.3) is 0 Å². The van der Waals surface area contributed by atoms with Crippen LogP contribution in [-0.2, 0) is 11.3 Å². The van der Waals surface area contributed by atoms with Crippen molar-refractivity contribution in [1.29, 1.82) is 0 Å². The van der Waals surface area contributed by atoms with E-state index in [1.54, 1.807) is 0 Å². The molecule has 0 atom stereocenters. The highest BCUT2D eigenvalue weighted by Gasteiger charge is 2.04. The van der Waals surface area contributed by atoms with Crippen molar-refractivity contribution >= 4 is 23.1 Å². The summed E-state index contributed by atoms with van der Waals surface area (Å²) in [6.45, 7) is 0.241. The second-order valence-electron chi connectivity index (χ2n) is 3.29. The summed E-state index contributed by atoms with van der Waals surface area (Å²) >= 11 is 1.52. The molecule has 1 N–H and O–H groups in total. The molecule has 5 heteroatoms. The van der Waals surface area contributed by atoms with Crippen molar-refractivity contribution in [3.63, 3.8) is 0 Å². The molecule has 0 aliphatic carbocycles. The summed E-state index contributed by atoms with van der Waals surface area (Å²) < 4.78 is 17.6. The van der Waals surface area contributed by atoms with Crippen LogP contribution in [0.2, 0.25) is 0 Å². The molecule has 0 radical (unpaired) electrons. The molecule has 1 amide bonds. The van der Waals surface area contributed by atoms with Crippen LogP contribution in [0.5, 0.6) is 0 Å². The van der Waals surface area contributed by atoms with E-state index in [0.717, 1.165) is 4.88 Å². The zero-order valence-electron chi connectivity index (χ0n) is 8.85. The molecule has 2 rings (SSSR count). The van der Waals surface area contributed by atoms with Gasteiger partial charge in [-0.1, -0.05) is 6.07 Å². The lowest BCUT2D eigenvalue weighted by molar-refractivity contribution is 0.156. The molecule has 0 unspecified atom stereocenters. The fourth-order valence-electron chi connectivity index (χ4n) is 1.22. The van der Waals surface area contributed by atoms with E-state index in [0.29, 0.717) is 5.69 Å². The first kappa shape index (κ1) is 11.6. The van der Waals surface area contributed by atoms with E-state index in [9.17, 15) is 9.18 Å². The van der Waals surface area contributed by atoms with Gasteiger partial charge in [0.15, 0.2) is 0 Å². The van der Waals surface area contributed by atoms with Crippen molar-refractivity contribution < 1.29 is 13.9 Å². The Hall–Kier alpha value is -1.88. The number of ether oxygens (including phenoxy) is 1. The molecule has 1 heterocycles. The smallest absolute Gasteiger partial charge is 0.411 e. The maximum Gasteiger partial charge on any atom is 0.411 e. The molecule has 0 aliphatic rings. The van der Waals surface area contributed by atoms with Crippen LogP contribution < -0.4 is 5.32 Å². The number of nitrogens with one attached hydrogen (secondary N) is 1. The number of amides is 1. The number of benzene rings is 1. The number of carbonyl (C=O) groups excluding carboxylic acids is 1. The Labute approximate surface area is 102 Å². The SMILES string of the molecule is O=C(Nc1ccc(F)cc1)OCc1cccs1. The monoisotopic (exact) mass is 251 g/mol. The highest BCUT2D eigenvalue weighted by Crippen LogP contribution is 2.11. The Balaban J connectivity index is 1.83. The van der Waals surface area contributed by atoms with E-state index >= 15 is 0 Å². The summed E-state index contributed by atoms with van der Waals surface area (Å²) in [5, 5.41) is 4.42. The van der Waals surface area contributed by atoms with Gasteiger partial charge in [0.05, 0.1) is 0 Å². The number of carbonyl (C=O) groups is 1. The average molecular weight is 251 g/mol. The van der Waals surface area contributed by atoms with Crippen molar-refractivity contribution in [3.05, 3.63) is 52.5 Å². The molecule has 1 aromatic carbocycles. The number of anilines is 1. The zero-order valence-corrected chi connectivity index (χ0v) is 9.67. The zero-order chi connectivity index (χ0) is 12.1. The normalized spacial score (nSPS) is 9.94. The molecular weight excluding hydrogens is 241 g/mol. The van der Waals surface area contributed by atoms with Crippen molar-refractivity contribution in [2.45, 2.75) is 6.61 Å². The van der Waals surface area contributed by atoms with Crippen LogP contribution in [0.3, 0.4) is 0 Å². The summed E-state index contributed by atoms with van der Waals surface area (Å²) in [6, 6.07) is 9.27. The van der Waals surface area contributed by atoms with Crippen LogP contribution in [0.25, 0.3) is 0 Å². The number of halogens is 1. The number of rotatable bonds is 3. The third-order valence-corrected chi connectivity index (χ3v) is 2.87. The molecule has 0 aliphatic heterocycles. The van der Waals surface area contributed by atoms with Crippen molar-refractivity contribution in [2.24, 2.45) is 0 Å². The van der Waals surface area contributed by atoms with Crippen LogP contribution in [0.4, 0.5) is 14.9 Å². The maximum atomic E-state index is 12.6. The maximum absolute atomic E-state index is 12.6. The summed E-state index contributed by atoms with van der Waals surface area (Å²) in [7, 11) is 0. The van der Waals surface area contributed by atoms with Crippen molar-refractivity contribution in [2.75, 3.05) is 5.32 Å². The highest BCUT2D eigenvalue weighted by molar-refractivity contribution is 7.09. The first-order valence-corrected chi connectivity index (χ1v) is 5.84. The number of thiophene rings is 1. The Morgan fingerprint density at radius 2 is 2.06 bits per heavy atom. The van der Waals surface area contributed by atoms with Gasteiger partial charge in [0, 0.05) is 10.6 Å². The first-order chi connectivity index (χ1) is 8.24. The molecule has 0 spiro atoms. The molecular formula is C12H10FNO2S. The summed E-state index contributed by atoms with van der Waals surface area (Å²) in [6.07, 6.45) is -0.551. The van der Waals surface area contributed by atoms with Crippen LogP contribution >= 0.6 is 11.3 Å². The summed E-state index contributed by atoms with van der Waals surface area (Å²) in [4.78, 5) is 12.3. The average Bonchev–Trinajstić information content (AvgIpc) is 2.83. The molecule has 3 nitrogen and oxygen atoms in total. The molecule has 0 saturated heterocycles. The van der Waals surface area contributed by atoms with Gasteiger partial charge in [0.1, 0.15) is 12.4 Å².